The SMILES string of the molecule is C=NN(/C=C(\C)CC)C1CCC1. The van der Waals surface area contributed by atoms with E-state index in [9.17, 15) is 0 Å². The van der Waals surface area contributed by atoms with Gasteiger partial charge in [-0.05, 0) is 32.6 Å². The van der Waals surface area contributed by atoms with Crippen molar-refractivity contribution in [1.29, 1.82) is 0 Å². The van der Waals surface area contributed by atoms with Crippen molar-refractivity contribution < 1.29 is 0 Å². The Hall–Kier alpha value is -0.790. The third-order valence-electron chi connectivity index (χ3n) is 2.52. The van der Waals surface area contributed by atoms with Crippen LogP contribution in [-0.4, -0.2) is 17.8 Å². The van der Waals surface area contributed by atoms with Gasteiger partial charge in [0.25, 0.3) is 0 Å². The van der Waals surface area contributed by atoms with Crippen LogP contribution < -0.4 is 0 Å². The summed E-state index contributed by atoms with van der Waals surface area (Å²) < 4.78 is 0. The predicted octanol–water partition coefficient (Wildman–Crippen LogP) is 2.77. The standard InChI is InChI=1S/C10H18N2/c1-4-9(2)8-12(11-3)10-6-5-7-10/h8,10H,3-7H2,1-2H3/b9-8+. The van der Waals surface area contributed by atoms with E-state index >= 15 is 0 Å². The lowest BCUT2D eigenvalue weighted by molar-refractivity contribution is 0.190. The lowest BCUT2D eigenvalue weighted by Crippen LogP contribution is -2.32. The van der Waals surface area contributed by atoms with Crippen molar-refractivity contribution in [3.05, 3.63) is 11.8 Å². The molecule has 0 saturated heterocycles. The monoisotopic (exact) mass is 166 g/mol. The van der Waals surface area contributed by atoms with Crippen LogP contribution in [0.4, 0.5) is 0 Å². The molecule has 68 valence electrons. The molecule has 2 heteroatoms. The number of hydrogen-bond acceptors (Lipinski definition) is 2. The van der Waals surface area contributed by atoms with Gasteiger partial charge in [0.15, 0.2) is 0 Å². The molecule has 1 saturated carbocycles. The first-order valence-corrected chi connectivity index (χ1v) is 4.70. The maximum absolute atomic E-state index is 4.00. The second kappa shape index (κ2) is 4.29. The first kappa shape index (κ1) is 9.30. The Balaban J connectivity index is 2.49. The second-order valence-corrected chi connectivity index (χ2v) is 3.44. The van der Waals surface area contributed by atoms with Gasteiger partial charge in [0.2, 0.25) is 0 Å². The molecule has 0 aromatic carbocycles. The highest BCUT2D eigenvalue weighted by atomic mass is 15.5. The Morgan fingerprint density at radius 1 is 1.67 bits per heavy atom. The lowest BCUT2D eigenvalue weighted by atomic mass is 9.93. The molecule has 1 rings (SSSR count). The van der Waals surface area contributed by atoms with E-state index in [1.54, 1.807) is 0 Å². The predicted molar refractivity (Wildman–Crippen MR) is 53.1 cm³/mol. The first-order valence-electron chi connectivity index (χ1n) is 4.70. The molecule has 0 N–H and O–H groups in total. The third-order valence-corrected chi connectivity index (χ3v) is 2.52. The normalized spacial score (nSPS) is 18.7. The van der Waals surface area contributed by atoms with Gasteiger partial charge in [-0.2, -0.15) is 5.10 Å². The summed E-state index contributed by atoms with van der Waals surface area (Å²) in [5, 5.41) is 6.02. The highest BCUT2D eigenvalue weighted by molar-refractivity contribution is 5.23. The van der Waals surface area contributed by atoms with Crippen molar-refractivity contribution in [1.82, 2.24) is 5.01 Å². The van der Waals surface area contributed by atoms with E-state index in [0.717, 1.165) is 6.42 Å². The first-order chi connectivity index (χ1) is 5.77. The van der Waals surface area contributed by atoms with Gasteiger partial charge in [-0.25, -0.2) is 0 Å². The zero-order valence-electron chi connectivity index (χ0n) is 8.08. The average molecular weight is 166 g/mol. The van der Waals surface area contributed by atoms with Crippen molar-refractivity contribution in [2.24, 2.45) is 5.10 Å². The molecule has 0 aliphatic heterocycles. The fourth-order valence-corrected chi connectivity index (χ4v) is 1.23. The minimum atomic E-state index is 0.629. The maximum atomic E-state index is 4.00. The molecular weight excluding hydrogens is 148 g/mol. The molecule has 0 spiro atoms. The minimum Gasteiger partial charge on any atom is -0.270 e. The quantitative estimate of drug-likeness (QED) is 0.463. The van der Waals surface area contributed by atoms with E-state index in [1.807, 2.05) is 5.01 Å². The van der Waals surface area contributed by atoms with Gasteiger partial charge in [-0.3, -0.25) is 5.01 Å². The molecule has 0 unspecified atom stereocenters. The number of allylic oxidation sites excluding steroid dienone is 1. The van der Waals surface area contributed by atoms with E-state index in [1.165, 1.54) is 24.8 Å². The number of nitrogens with zero attached hydrogens (tertiary/aromatic N) is 2. The van der Waals surface area contributed by atoms with Gasteiger partial charge < -0.3 is 0 Å². The molecule has 0 heterocycles. The van der Waals surface area contributed by atoms with Crippen molar-refractivity contribution in [3.63, 3.8) is 0 Å². The maximum Gasteiger partial charge on any atom is 0.0519 e. The average Bonchev–Trinajstić information content (AvgIpc) is 1.99. The summed E-state index contributed by atoms with van der Waals surface area (Å²) in [7, 11) is 0. The fourth-order valence-electron chi connectivity index (χ4n) is 1.23. The van der Waals surface area contributed by atoms with Crippen LogP contribution in [0, 0.1) is 0 Å². The Morgan fingerprint density at radius 2 is 2.33 bits per heavy atom. The van der Waals surface area contributed by atoms with E-state index < -0.39 is 0 Å². The highest BCUT2D eigenvalue weighted by Crippen LogP contribution is 2.25. The van der Waals surface area contributed by atoms with Crippen LogP contribution >= 0.6 is 0 Å². The van der Waals surface area contributed by atoms with Gasteiger partial charge >= 0.3 is 0 Å². The topological polar surface area (TPSA) is 15.6 Å². The molecule has 0 aromatic rings. The van der Waals surface area contributed by atoms with E-state index in [-0.39, 0.29) is 0 Å². The molecule has 12 heavy (non-hydrogen) atoms. The molecule has 1 aliphatic rings. The second-order valence-electron chi connectivity index (χ2n) is 3.44. The van der Waals surface area contributed by atoms with E-state index in [0.29, 0.717) is 6.04 Å². The molecule has 0 bridgehead atoms. The highest BCUT2D eigenvalue weighted by Gasteiger charge is 2.22. The van der Waals surface area contributed by atoms with E-state index in [2.05, 4.69) is 31.9 Å². The Kier molecular flexibility index (Phi) is 3.32. The summed E-state index contributed by atoms with van der Waals surface area (Å²) >= 11 is 0. The Morgan fingerprint density at radius 3 is 2.67 bits per heavy atom. The summed E-state index contributed by atoms with van der Waals surface area (Å²) in [6, 6.07) is 0.629. The summed E-state index contributed by atoms with van der Waals surface area (Å²) in [4.78, 5) is 0. The van der Waals surface area contributed by atoms with Gasteiger partial charge in [0.05, 0.1) is 6.04 Å². The summed E-state index contributed by atoms with van der Waals surface area (Å²) in [5.74, 6) is 0. The molecule has 0 aromatic heterocycles. The van der Waals surface area contributed by atoms with Crippen LogP contribution in [-0.2, 0) is 0 Å². The van der Waals surface area contributed by atoms with Crippen LogP contribution in [0.2, 0.25) is 0 Å². The molecular formula is C10H18N2. The summed E-state index contributed by atoms with van der Waals surface area (Å²) in [5.41, 5.74) is 1.37. The smallest absolute Gasteiger partial charge is 0.0519 e. The largest absolute Gasteiger partial charge is 0.270 e. The summed E-state index contributed by atoms with van der Waals surface area (Å²) in [6.07, 6.45) is 7.10. The van der Waals surface area contributed by atoms with Crippen LogP contribution in [0.3, 0.4) is 0 Å². The van der Waals surface area contributed by atoms with Crippen molar-refractivity contribution in [3.8, 4) is 0 Å². The third kappa shape index (κ3) is 2.10. The Bertz CT molecular complexity index is 180. The van der Waals surface area contributed by atoms with Crippen molar-refractivity contribution >= 4 is 6.72 Å². The van der Waals surface area contributed by atoms with Crippen molar-refractivity contribution in [2.75, 3.05) is 0 Å². The van der Waals surface area contributed by atoms with Crippen LogP contribution in [0.5, 0.6) is 0 Å². The van der Waals surface area contributed by atoms with Crippen LogP contribution in [0.15, 0.2) is 16.9 Å². The van der Waals surface area contributed by atoms with Crippen LogP contribution in [0.25, 0.3) is 0 Å². The number of hydrogen-bond donors (Lipinski definition) is 0. The number of hydrazone groups is 1. The molecule has 0 amide bonds. The summed E-state index contributed by atoms with van der Waals surface area (Å²) in [6.45, 7) is 7.88. The van der Waals surface area contributed by atoms with Gasteiger partial charge in [-0.15, -0.1) is 0 Å². The lowest BCUT2D eigenvalue weighted by Gasteiger charge is -2.33. The Labute approximate surface area is 75.0 Å². The molecule has 0 atom stereocenters. The fraction of sp³-hybridized carbons (Fsp3) is 0.700. The zero-order chi connectivity index (χ0) is 8.97. The zero-order valence-corrected chi connectivity index (χ0v) is 8.08. The molecule has 0 radical (unpaired) electrons. The van der Waals surface area contributed by atoms with Gasteiger partial charge in [-0.1, -0.05) is 12.5 Å². The number of rotatable bonds is 4. The minimum absolute atomic E-state index is 0.629. The van der Waals surface area contributed by atoms with E-state index in [4.69, 9.17) is 0 Å². The van der Waals surface area contributed by atoms with Crippen LogP contribution in [0.1, 0.15) is 39.5 Å². The van der Waals surface area contributed by atoms with Gasteiger partial charge in [0, 0.05) is 12.9 Å². The molecule has 1 fully saturated rings. The van der Waals surface area contributed by atoms with Crippen molar-refractivity contribution in [2.45, 2.75) is 45.6 Å². The molecule has 1 aliphatic carbocycles. The van der Waals surface area contributed by atoms with Gasteiger partial charge in [0.1, 0.15) is 0 Å². The molecule has 2 nitrogen and oxygen atoms in total.